The molecule has 2 atom stereocenters. The molecule has 3 rings (SSSR count). The molecule has 7 nitrogen and oxygen atoms in total. The molecule has 7 heteroatoms. The summed E-state index contributed by atoms with van der Waals surface area (Å²) in [5.74, 6) is -1.59. The fourth-order valence-corrected chi connectivity index (χ4v) is 3.22. The molecule has 2 aromatic carbocycles. The Balaban J connectivity index is 1.67. The number of carboxylic acids is 1. The number of carbonyl (C=O) groups is 3. The minimum Gasteiger partial charge on any atom is -0.478 e. The smallest absolute Gasteiger partial charge is 0.335 e. The lowest BCUT2D eigenvalue weighted by molar-refractivity contribution is -0.0586. The molecule has 1 aliphatic rings. The van der Waals surface area contributed by atoms with Gasteiger partial charge >= 0.3 is 5.97 Å². The van der Waals surface area contributed by atoms with Crippen molar-refractivity contribution in [1.82, 2.24) is 4.90 Å². The maximum Gasteiger partial charge on any atom is 0.335 e. The molecule has 0 bridgehead atoms. The highest BCUT2D eigenvalue weighted by molar-refractivity contribution is 6.05. The van der Waals surface area contributed by atoms with Crippen molar-refractivity contribution >= 4 is 23.5 Å². The van der Waals surface area contributed by atoms with Gasteiger partial charge in [0.05, 0.1) is 17.8 Å². The molecule has 0 aliphatic carbocycles. The van der Waals surface area contributed by atoms with E-state index in [2.05, 4.69) is 5.32 Å². The lowest BCUT2D eigenvalue weighted by Crippen LogP contribution is -2.48. The van der Waals surface area contributed by atoms with Gasteiger partial charge in [-0.25, -0.2) is 4.79 Å². The van der Waals surface area contributed by atoms with Gasteiger partial charge in [0.25, 0.3) is 11.8 Å². The SMILES string of the molecule is CC1CN(C(=O)c2ccc(NC(=O)c3cccc(C(=O)O)c3)cc2)CC(C)O1. The number of nitrogens with one attached hydrogen (secondary N) is 1. The predicted octanol–water partition coefficient (Wildman–Crippen LogP) is 2.89. The predicted molar refractivity (Wildman–Crippen MR) is 104 cm³/mol. The van der Waals surface area contributed by atoms with E-state index in [4.69, 9.17) is 9.84 Å². The van der Waals surface area contributed by atoms with Gasteiger partial charge in [0, 0.05) is 29.9 Å². The highest BCUT2D eigenvalue weighted by Crippen LogP contribution is 2.17. The Morgan fingerprint density at radius 2 is 1.57 bits per heavy atom. The zero-order chi connectivity index (χ0) is 20.3. The second-order valence-electron chi connectivity index (χ2n) is 6.88. The van der Waals surface area contributed by atoms with Gasteiger partial charge in [0.15, 0.2) is 0 Å². The zero-order valence-corrected chi connectivity index (χ0v) is 15.7. The molecule has 2 amide bonds. The first-order valence-corrected chi connectivity index (χ1v) is 9.03. The Hall–Kier alpha value is -3.19. The van der Waals surface area contributed by atoms with Crippen LogP contribution in [0.4, 0.5) is 5.69 Å². The lowest BCUT2D eigenvalue weighted by atomic mass is 10.1. The Labute approximate surface area is 162 Å². The molecule has 0 saturated carbocycles. The van der Waals surface area contributed by atoms with Crippen LogP contribution in [0, 0.1) is 0 Å². The summed E-state index contributed by atoms with van der Waals surface area (Å²) in [6, 6.07) is 12.4. The number of morpholine rings is 1. The standard InChI is InChI=1S/C21H22N2O5/c1-13-11-23(12-14(2)28-13)20(25)15-6-8-18(9-7-15)22-19(24)16-4-3-5-17(10-16)21(26)27/h3-10,13-14H,11-12H2,1-2H3,(H,22,24)(H,26,27). The topological polar surface area (TPSA) is 95.9 Å². The molecule has 0 aromatic heterocycles. The van der Waals surface area contributed by atoms with Crippen molar-refractivity contribution in [3.05, 3.63) is 65.2 Å². The quantitative estimate of drug-likeness (QED) is 0.848. The molecule has 0 spiro atoms. The second-order valence-corrected chi connectivity index (χ2v) is 6.88. The Morgan fingerprint density at radius 1 is 0.964 bits per heavy atom. The fourth-order valence-electron chi connectivity index (χ4n) is 3.22. The number of carboxylic acid groups (broad SMARTS) is 1. The third-order valence-corrected chi connectivity index (χ3v) is 4.47. The molecule has 2 unspecified atom stereocenters. The van der Waals surface area contributed by atoms with Crippen molar-refractivity contribution in [2.24, 2.45) is 0 Å². The number of hydrogen-bond donors (Lipinski definition) is 2. The van der Waals surface area contributed by atoms with Crippen LogP contribution in [0.5, 0.6) is 0 Å². The first-order chi connectivity index (χ1) is 13.3. The van der Waals surface area contributed by atoms with Crippen molar-refractivity contribution in [1.29, 1.82) is 0 Å². The largest absolute Gasteiger partial charge is 0.478 e. The van der Waals surface area contributed by atoms with Gasteiger partial charge < -0.3 is 20.1 Å². The second kappa shape index (κ2) is 8.22. The van der Waals surface area contributed by atoms with E-state index in [0.717, 1.165) is 0 Å². The molecule has 28 heavy (non-hydrogen) atoms. The van der Waals surface area contributed by atoms with Gasteiger partial charge in [-0.15, -0.1) is 0 Å². The van der Waals surface area contributed by atoms with Crippen LogP contribution in [0.1, 0.15) is 44.9 Å². The molecule has 1 heterocycles. The zero-order valence-electron chi connectivity index (χ0n) is 15.7. The summed E-state index contributed by atoms with van der Waals surface area (Å²) in [7, 11) is 0. The molecule has 0 radical (unpaired) electrons. The average molecular weight is 382 g/mol. The first kappa shape index (κ1) is 19.6. The number of aromatic carboxylic acids is 1. The van der Waals surface area contributed by atoms with E-state index < -0.39 is 11.9 Å². The Bertz CT molecular complexity index is 884. The third-order valence-electron chi connectivity index (χ3n) is 4.47. The highest BCUT2D eigenvalue weighted by atomic mass is 16.5. The molecule has 146 valence electrons. The van der Waals surface area contributed by atoms with E-state index in [1.54, 1.807) is 35.2 Å². The Morgan fingerprint density at radius 3 is 2.18 bits per heavy atom. The van der Waals surface area contributed by atoms with Crippen molar-refractivity contribution in [3.8, 4) is 0 Å². The van der Waals surface area contributed by atoms with Crippen molar-refractivity contribution in [2.45, 2.75) is 26.1 Å². The molecule has 2 N–H and O–H groups in total. The van der Waals surface area contributed by atoms with Crippen LogP contribution in [0.25, 0.3) is 0 Å². The summed E-state index contributed by atoms with van der Waals surface area (Å²) in [6.45, 7) is 4.96. The number of anilines is 1. The number of hydrogen-bond acceptors (Lipinski definition) is 4. The van der Waals surface area contributed by atoms with E-state index >= 15 is 0 Å². The van der Waals surface area contributed by atoms with E-state index in [-0.39, 0.29) is 29.2 Å². The molecule has 1 saturated heterocycles. The van der Waals surface area contributed by atoms with Gasteiger partial charge in [-0.1, -0.05) is 6.07 Å². The number of carbonyl (C=O) groups excluding carboxylic acids is 2. The maximum atomic E-state index is 12.7. The number of ether oxygens (including phenoxy) is 1. The van der Waals surface area contributed by atoms with Crippen LogP contribution < -0.4 is 5.32 Å². The minimum atomic E-state index is -1.09. The van der Waals surface area contributed by atoms with Crippen molar-refractivity contribution < 1.29 is 24.2 Å². The van der Waals surface area contributed by atoms with Crippen LogP contribution in [-0.4, -0.2) is 53.1 Å². The molecular formula is C21H22N2O5. The Kier molecular flexibility index (Phi) is 5.75. The van der Waals surface area contributed by atoms with Crippen molar-refractivity contribution in [2.75, 3.05) is 18.4 Å². The number of rotatable bonds is 4. The van der Waals surface area contributed by atoms with Crippen LogP contribution in [0.15, 0.2) is 48.5 Å². The average Bonchev–Trinajstić information content (AvgIpc) is 2.67. The van der Waals surface area contributed by atoms with Gasteiger partial charge in [-0.05, 0) is 56.3 Å². The third kappa shape index (κ3) is 4.55. The summed E-state index contributed by atoms with van der Waals surface area (Å²) >= 11 is 0. The molecule has 1 aliphatic heterocycles. The molecular weight excluding hydrogens is 360 g/mol. The molecule has 1 fully saturated rings. The van der Waals surface area contributed by atoms with E-state index in [9.17, 15) is 14.4 Å². The number of amides is 2. The lowest BCUT2D eigenvalue weighted by Gasteiger charge is -2.35. The highest BCUT2D eigenvalue weighted by Gasteiger charge is 2.26. The summed E-state index contributed by atoms with van der Waals surface area (Å²) in [5, 5.41) is 11.7. The summed E-state index contributed by atoms with van der Waals surface area (Å²) in [4.78, 5) is 37.8. The normalized spacial score (nSPS) is 19.1. The van der Waals surface area contributed by atoms with Crippen LogP contribution in [-0.2, 0) is 4.74 Å². The van der Waals surface area contributed by atoms with Gasteiger partial charge in [-0.3, -0.25) is 9.59 Å². The van der Waals surface area contributed by atoms with Crippen molar-refractivity contribution in [3.63, 3.8) is 0 Å². The number of nitrogens with zero attached hydrogens (tertiary/aromatic N) is 1. The van der Waals surface area contributed by atoms with Crippen LogP contribution >= 0.6 is 0 Å². The van der Waals surface area contributed by atoms with Gasteiger partial charge in [-0.2, -0.15) is 0 Å². The van der Waals surface area contributed by atoms with Crippen LogP contribution in [0.2, 0.25) is 0 Å². The summed E-state index contributed by atoms with van der Waals surface area (Å²) < 4.78 is 5.65. The fraction of sp³-hybridized carbons (Fsp3) is 0.286. The minimum absolute atomic E-state index is 0.00664. The molecule has 2 aromatic rings. The van der Waals surface area contributed by atoms with E-state index in [1.165, 1.54) is 18.2 Å². The van der Waals surface area contributed by atoms with E-state index in [0.29, 0.717) is 24.3 Å². The van der Waals surface area contributed by atoms with E-state index in [1.807, 2.05) is 13.8 Å². The van der Waals surface area contributed by atoms with Gasteiger partial charge in [0.1, 0.15) is 0 Å². The summed E-state index contributed by atoms with van der Waals surface area (Å²) in [6.07, 6.45) is -0.0133. The monoisotopic (exact) mass is 382 g/mol. The first-order valence-electron chi connectivity index (χ1n) is 9.03. The van der Waals surface area contributed by atoms with Crippen LogP contribution in [0.3, 0.4) is 0 Å². The van der Waals surface area contributed by atoms with Gasteiger partial charge in [0.2, 0.25) is 0 Å². The summed E-state index contributed by atoms with van der Waals surface area (Å²) in [5.41, 5.74) is 1.34. The number of benzene rings is 2. The maximum absolute atomic E-state index is 12.7.